The Morgan fingerprint density at radius 2 is 2.00 bits per heavy atom. The molecular weight excluding hydrogens is 459 g/mol. The summed E-state index contributed by atoms with van der Waals surface area (Å²) in [5.74, 6) is -0.0740. The first-order chi connectivity index (χ1) is 12.5. The zero-order valence-electron chi connectivity index (χ0n) is 12.9. The largest absolute Gasteiger partial charge is 0.289 e. The Kier molecular flexibility index (Phi) is 4.71. The van der Waals surface area contributed by atoms with Gasteiger partial charge in [-0.05, 0) is 46.3 Å². The highest BCUT2D eigenvalue weighted by molar-refractivity contribution is 9.10. The molecule has 2 aromatic carbocycles. The van der Waals surface area contributed by atoms with Crippen LogP contribution in [0, 0.1) is 0 Å². The molecular formula is C17H9BrCl2N4OS. The number of benzene rings is 2. The summed E-state index contributed by atoms with van der Waals surface area (Å²) in [5.41, 5.74) is 2.01. The molecule has 0 atom stereocenters. The average molecular weight is 468 g/mol. The van der Waals surface area contributed by atoms with Gasteiger partial charge in [-0.2, -0.15) is 4.98 Å². The number of carbonyl (C=O) groups is 1. The fourth-order valence-corrected chi connectivity index (χ4v) is 4.10. The van der Waals surface area contributed by atoms with Gasteiger partial charge in [0.25, 0.3) is 11.9 Å². The Morgan fingerprint density at radius 1 is 1.19 bits per heavy atom. The van der Waals surface area contributed by atoms with Gasteiger partial charge in [0.15, 0.2) is 0 Å². The molecule has 2 heterocycles. The van der Waals surface area contributed by atoms with E-state index in [-0.39, 0.29) is 11.9 Å². The second-order valence-corrected chi connectivity index (χ2v) is 7.84. The highest BCUT2D eigenvalue weighted by atomic mass is 79.9. The van der Waals surface area contributed by atoms with Gasteiger partial charge in [0.2, 0.25) is 4.96 Å². The van der Waals surface area contributed by atoms with E-state index in [9.17, 15) is 4.79 Å². The number of thiazole rings is 1. The van der Waals surface area contributed by atoms with Crippen LogP contribution < -0.4 is 5.32 Å². The molecule has 0 spiro atoms. The topological polar surface area (TPSA) is 59.3 Å². The van der Waals surface area contributed by atoms with E-state index in [1.54, 1.807) is 40.9 Å². The van der Waals surface area contributed by atoms with Gasteiger partial charge in [0, 0.05) is 20.4 Å². The van der Waals surface area contributed by atoms with Crippen LogP contribution in [0.5, 0.6) is 0 Å². The van der Waals surface area contributed by atoms with E-state index in [2.05, 4.69) is 31.3 Å². The second kappa shape index (κ2) is 7.00. The fourth-order valence-electron chi connectivity index (χ4n) is 2.43. The van der Waals surface area contributed by atoms with Gasteiger partial charge in [-0.1, -0.05) is 35.3 Å². The molecule has 4 aromatic rings. The lowest BCUT2D eigenvalue weighted by Crippen LogP contribution is -2.13. The molecule has 1 N–H and O–H groups in total. The molecule has 2 aromatic heterocycles. The number of anilines is 1. The lowest BCUT2D eigenvalue weighted by atomic mass is 10.2. The first kappa shape index (κ1) is 17.5. The summed E-state index contributed by atoms with van der Waals surface area (Å²) in [5, 5.41) is 10.1. The van der Waals surface area contributed by atoms with Crippen molar-refractivity contribution in [3.05, 3.63) is 67.9 Å². The van der Waals surface area contributed by atoms with E-state index < -0.39 is 0 Å². The van der Waals surface area contributed by atoms with Gasteiger partial charge < -0.3 is 0 Å². The highest BCUT2D eigenvalue weighted by Crippen LogP contribution is 2.33. The zero-order chi connectivity index (χ0) is 18.3. The predicted octanol–water partition coefficient (Wildman–Crippen LogP) is 5.78. The van der Waals surface area contributed by atoms with Crippen LogP contribution in [0.15, 0.2) is 52.3 Å². The molecule has 0 aliphatic rings. The number of rotatable bonds is 3. The van der Waals surface area contributed by atoms with E-state index in [0.717, 1.165) is 11.3 Å². The first-order valence-corrected chi connectivity index (χ1v) is 9.81. The monoisotopic (exact) mass is 466 g/mol. The second-order valence-electron chi connectivity index (χ2n) is 5.31. The van der Waals surface area contributed by atoms with Gasteiger partial charge in [0.05, 0.1) is 16.3 Å². The van der Waals surface area contributed by atoms with Crippen molar-refractivity contribution in [1.82, 2.24) is 14.6 Å². The third-order valence-electron chi connectivity index (χ3n) is 3.63. The molecule has 26 heavy (non-hydrogen) atoms. The van der Waals surface area contributed by atoms with Crippen LogP contribution in [0.4, 0.5) is 5.95 Å². The maximum absolute atomic E-state index is 12.4. The van der Waals surface area contributed by atoms with Crippen molar-refractivity contribution in [3.63, 3.8) is 0 Å². The first-order valence-electron chi connectivity index (χ1n) is 7.38. The lowest BCUT2D eigenvalue weighted by Gasteiger charge is -2.04. The van der Waals surface area contributed by atoms with E-state index in [0.29, 0.717) is 25.0 Å². The summed E-state index contributed by atoms with van der Waals surface area (Å²) < 4.78 is 2.34. The number of nitrogens with zero attached hydrogens (tertiary/aromatic N) is 3. The van der Waals surface area contributed by atoms with Crippen LogP contribution >= 0.6 is 50.5 Å². The molecule has 0 aliphatic heterocycles. The van der Waals surface area contributed by atoms with Gasteiger partial charge in [-0.25, -0.2) is 4.52 Å². The van der Waals surface area contributed by atoms with Gasteiger partial charge >= 0.3 is 0 Å². The number of carbonyl (C=O) groups excluding carboxylic acids is 1. The maximum atomic E-state index is 12.4. The lowest BCUT2D eigenvalue weighted by molar-refractivity contribution is 0.102. The van der Waals surface area contributed by atoms with E-state index in [4.69, 9.17) is 23.2 Å². The number of aromatic nitrogens is 3. The van der Waals surface area contributed by atoms with Gasteiger partial charge in [-0.15, -0.1) is 16.4 Å². The van der Waals surface area contributed by atoms with Crippen molar-refractivity contribution >= 4 is 67.3 Å². The summed E-state index contributed by atoms with van der Waals surface area (Å²) in [6.45, 7) is 0. The zero-order valence-corrected chi connectivity index (χ0v) is 16.8. The molecule has 0 saturated carbocycles. The molecule has 4 rings (SSSR count). The summed E-state index contributed by atoms with van der Waals surface area (Å²) in [4.78, 5) is 17.4. The molecule has 0 fully saturated rings. The summed E-state index contributed by atoms with van der Waals surface area (Å²) in [6.07, 6.45) is 0. The van der Waals surface area contributed by atoms with Crippen molar-refractivity contribution < 1.29 is 4.79 Å². The molecule has 9 heteroatoms. The number of nitrogens with one attached hydrogen (secondary N) is 1. The third-order valence-corrected chi connectivity index (χ3v) is 5.70. The minimum atomic E-state index is -0.293. The van der Waals surface area contributed by atoms with E-state index in [1.807, 2.05) is 11.4 Å². The molecule has 0 saturated heterocycles. The Bertz CT molecular complexity index is 1140. The van der Waals surface area contributed by atoms with Crippen molar-refractivity contribution in [2.75, 3.05) is 5.32 Å². The van der Waals surface area contributed by atoms with Crippen LogP contribution in [0.25, 0.3) is 16.2 Å². The number of hydrogen-bond donors (Lipinski definition) is 1. The third kappa shape index (κ3) is 3.23. The standard InChI is InChI=1S/C17H9BrCl2N4OS/c18-12-4-2-1-3-10(12)15(25)21-16-22-17-24(23-16)14(8-26-17)11-7-9(19)5-6-13(11)20/h1-8H,(H,21,23,25). The predicted molar refractivity (Wildman–Crippen MR) is 108 cm³/mol. The van der Waals surface area contributed by atoms with Crippen LogP contribution in [-0.2, 0) is 0 Å². The summed E-state index contributed by atoms with van der Waals surface area (Å²) in [6, 6.07) is 12.4. The van der Waals surface area contributed by atoms with Crippen molar-refractivity contribution in [3.8, 4) is 11.3 Å². The van der Waals surface area contributed by atoms with Crippen molar-refractivity contribution in [2.24, 2.45) is 0 Å². The Labute approximate surface area is 170 Å². The molecule has 5 nitrogen and oxygen atoms in total. The van der Waals surface area contributed by atoms with Crippen molar-refractivity contribution in [2.45, 2.75) is 0 Å². The minimum Gasteiger partial charge on any atom is -0.289 e. The smallest absolute Gasteiger partial charge is 0.259 e. The number of amides is 1. The summed E-state index contributed by atoms with van der Waals surface area (Å²) in [7, 11) is 0. The van der Waals surface area contributed by atoms with Crippen molar-refractivity contribution in [1.29, 1.82) is 0 Å². The molecule has 0 bridgehead atoms. The Hall–Kier alpha value is -1.93. The fraction of sp³-hybridized carbons (Fsp3) is 0. The van der Waals surface area contributed by atoms with Crippen LogP contribution in [0.3, 0.4) is 0 Å². The Balaban J connectivity index is 1.69. The number of hydrogen-bond acceptors (Lipinski definition) is 4. The minimum absolute atomic E-state index is 0.219. The molecule has 1 amide bonds. The van der Waals surface area contributed by atoms with Crippen LogP contribution in [-0.4, -0.2) is 20.5 Å². The number of fused-ring (bicyclic) bond motifs is 1. The Morgan fingerprint density at radius 3 is 2.81 bits per heavy atom. The maximum Gasteiger partial charge on any atom is 0.259 e. The van der Waals surface area contributed by atoms with E-state index in [1.165, 1.54) is 11.3 Å². The van der Waals surface area contributed by atoms with Crippen LogP contribution in [0.1, 0.15) is 10.4 Å². The molecule has 0 radical (unpaired) electrons. The molecule has 0 aliphatic carbocycles. The van der Waals surface area contributed by atoms with Crippen LogP contribution in [0.2, 0.25) is 10.0 Å². The molecule has 0 unspecified atom stereocenters. The SMILES string of the molecule is O=C(Nc1nc2scc(-c3cc(Cl)ccc3Cl)n2n1)c1ccccc1Br. The summed E-state index contributed by atoms with van der Waals surface area (Å²) >= 11 is 17.1. The van der Waals surface area contributed by atoms with Gasteiger partial charge in [-0.3, -0.25) is 10.1 Å². The quantitative estimate of drug-likeness (QED) is 0.415. The van der Waals surface area contributed by atoms with Gasteiger partial charge in [0.1, 0.15) is 0 Å². The normalized spacial score (nSPS) is 11.0. The highest BCUT2D eigenvalue weighted by Gasteiger charge is 2.17. The molecule has 130 valence electrons. The van der Waals surface area contributed by atoms with E-state index >= 15 is 0 Å². The number of halogens is 3. The average Bonchev–Trinajstić information content (AvgIpc) is 3.17.